The number of hydrogen-bond donors (Lipinski definition) is 0. The van der Waals surface area contributed by atoms with Gasteiger partial charge < -0.3 is 8.85 Å². The van der Waals surface area contributed by atoms with Crippen molar-refractivity contribution in [2.24, 2.45) is 0 Å². The lowest BCUT2D eigenvalue weighted by Gasteiger charge is -2.20. The number of rotatable bonds is 5. The lowest BCUT2D eigenvalue weighted by molar-refractivity contribution is 0.197. The molecule has 0 saturated carbocycles. The molecule has 0 aliphatic carbocycles. The molecule has 0 atom stereocenters. The first kappa shape index (κ1) is 10.4. The van der Waals surface area contributed by atoms with Gasteiger partial charge in [-0.25, -0.2) is 0 Å². The molecule has 0 radical (unpaired) electrons. The molecule has 4 heteroatoms. The van der Waals surface area contributed by atoms with Crippen molar-refractivity contribution in [3.05, 3.63) is 0 Å². The first-order chi connectivity index (χ1) is 4.62. The Labute approximate surface area is 68.7 Å². The quantitative estimate of drug-likeness (QED) is 0.478. The Morgan fingerprint density at radius 2 is 1.90 bits per heavy atom. The topological polar surface area (TPSA) is 18.5 Å². The van der Waals surface area contributed by atoms with Crippen molar-refractivity contribution in [1.29, 1.82) is 0 Å². The zero-order valence-electron chi connectivity index (χ0n) is 6.82. The van der Waals surface area contributed by atoms with Crippen molar-refractivity contribution in [3.8, 4) is 0 Å². The molecule has 0 aliphatic rings. The molecule has 0 aliphatic heterocycles. The van der Waals surface area contributed by atoms with Gasteiger partial charge in [-0.1, -0.05) is 0 Å². The average Bonchev–Trinajstić information content (AvgIpc) is 1.84. The van der Waals surface area contributed by atoms with Crippen LogP contribution in [0.4, 0.5) is 0 Å². The van der Waals surface area contributed by atoms with Gasteiger partial charge in [-0.15, -0.1) is 11.6 Å². The van der Waals surface area contributed by atoms with Crippen LogP contribution in [0.25, 0.3) is 0 Å². The van der Waals surface area contributed by atoms with E-state index in [1.165, 1.54) is 0 Å². The first-order valence-corrected chi connectivity index (χ1v) is 6.81. The largest absolute Gasteiger partial charge is 0.395 e. The zero-order chi connectivity index (χ0) is 8.04. The standard InChI is InChI=1S/C6H15ClO2Si/c1-4-8-10(2,3)9-6-5-7/h4-6H2,1-3H3. The van der Waals surface area contributed by atoms with Crippen LogP contribution in [0.3, 0.4) is 0 Å². The molecular formula is C6H15ClO2Si. The molecule has 10 heavy (non-hydrogen) atoms. The van der Waals surface area contributed by atoms with Crippen molar-refractivity contribution in [2.45, 2.75) is 20.0 Å². The summed E-state index contributed by atoms with van der Waals surface area (Å²) in [5, 5.41) is 0. The Bertz CT molecular complexity index is 87.8. The van der Waals surface area contributed by atoms with E-state index in [4.69, 9.17) is 20.5 Å². The molecule has 0 aromatic rings. The summed E-state index contributed by atoms with van der Waals surface area (Å²) in [7, 11) is -1.81. The molecule has 0 fully saturated rings. The predicted molar refractivity (Wildman–Crippen MR) is 45.8 cm³/mol. The van der Waals surface area contributed by atoms with Gasteiger partial charge in [0.25, 0.3) is 0 Å². The highest BCUT2D eigenvalue weighted by Crippen LogP contribution is 2.05. The van der Waals surface area contributed by atoms with Crippen LogP contribution >= 0.6 is 11.6 Å². The summed E-state index contributed by atoms with van der Waals surface area (Å²) in [4.78, 5) is 0. The molecule has 2 nitrogen and oxygen atoms in total. The monoisotopic (exact) mass is 182 g/mol. The molecule has 62 valence electrons. The normalized spacial score (nSPS) is 12.0. The third-order valence-corrected chi connectivity index (χ3v) is 3.06. The van der Waals surface area contributed by atoms with Gasteiger partial charge in [-0.3, -0.25) is 0 Å². The van der Waals surface area contributed by atoms with Crippen molar-refractivity contribution in [2.75, 3.05) is 19.1 Å². The number of halogens is 1. The summed E-state index contributed by atoms with van der Waals surface area (Å²) in [6.07, 6.45) is 0. The second-order valence-corrected chi connectivity index (χ2v) is 6.13. The summed E-state index contributed by atoms with van der Waals surface area (Å²) in [5.74, 6) is 0.545. The Morgan fingerprint density at radius 3 is 2.30 bits per heavy atom. The van der Waals surface area contributed by atoms with Crippen LogP contribution < -0.4 is 0 Å². The van der Waals surface area contributed by atoms with E-state index in [9.17, 15) is 0 Å². The van der Waals surface area contributed by atoms with Crippen LogP contribution in [0.2, 0.25) is 13.1 Å². The third-order valence-electron chi connectivity index (χ3n) is 1.02. The molecule has 0 aromatic heterocycles. The van der Waals surface area contributed by atoms with E-state index >= 15 is 0 Å². The Hall–Kier alpha value is 0.427. The van der Waals surface area contributed by atoms with Crippen LogP contribution in [0.1, 0.15) is 6.92 Å². The molecule has 0 rings (SSSR count). The maximum absolute atomic E-state index is 5.45. The molecule has 0 bridgehead atoms. The van der Waals surface area contributed by atoms with Gasteiger partial charge in [0.05, 0.1) is 0 Å². The molecule has 0 spiro atoms. The van der Waals surface area contributed by atoms with Crippen molar-refractivity contribution in [3.63, 3.8) is 0 Å². The van der Waals surface area contributed by atoms with E-state index in [0.29, 0.717) is 12.5 Å². The van der Waals surface area contributed by atoms with Gasteiger partial charge in [0.15, 0.2) is 0 Å². The van der Waals surface area contributed by atoms with Crippen LogP contribution in [0.15, 0.2) is 0 Å². The fourth-order valence-electron chi connectivity index (χ4n) is 0.674. The van der Waals surface area contributed by atoms with Gasteiger partial charge in [0.2, 0.25) is 0 Å². The summed E-state index contributed by atoms with van der Waals surface area (Å²) in [6.45, 7) is 7.33. The highest BCUT2D eigenvalue weighted by molar-refractivity contribution is 6.64. The predicted octanol–water partition coefficient (Wildman–Crippen LogP) is 1.98. The first-order valence-electron chi connectivity index (χ1n) is 3.46. The molecule has 0 saturated heterocycles. The van der Waals surface area contributed by atoms with Gasteiger partial charge in [-0.2, -0.15) is 0 Å². The Kier molecular flexibility index (Phi) is 5.35. The number of alkyl halides is 1. The van der Waals surface area contributed by atoms with Crippen LogP contribution in [0, 0.1) is 0 Å². The molecular weight excluding hydrogens is 168 g/mol. The SMILES string of the molecule is CCO[Si](C)(C)OCCCl. The maximum atomic E-state index is 5.45. The van der Waals surface area contributed by atoms with Crippen LogP contribution in [0.5, 0.6) is 0 Å². The molecule has 0 N–H and O–H groups in total. The van der Waals surface area contributed by atoms with E-state index < -0.39 is 8.56 Å². The van der Waals surface area contributed by atoms with E-state index in [1.54, 1.807) is 0 Å². The molecule has 0 unspecified atom stereocenters. The fraction of sp³-hybridized carbons (Fsp3) is 1.00. The van der Waals surface area contributed by atoms with E-state index in [1.807, 2.05) is 20.0 Å². The van der Waals surface area contributed by atoms with Gasteiger partial charge in [0, 0.05) is 19.1 Å². The van der Waals surface area contributed by atoms with E-state index in [-0.39, 0.29) is 0 Å². The van der Waals surface area contributed by atoms with E-state index in [2.05, 4.69) is 0 Å². The van der Waals surface area contributed by atoms with Gasteiger partial charge in [0.1, 0.15) is 0 Å². The molecule has 0 heterocycles. The zero-order valence-corrected chi connectivity index (χ0v) is 8.57. The second kappa shape index (κ2) is 5.13. The smallest absolute Gasteiger partial charge is 0.331 e. The van der Waals surface area contributed by atoms with Crippen LogP contribution in [-0.4, -0.2) is 27.7 Å². The Balaban J connectivity index is 3.42. The summed E-state index contributed by atoms with van der Waals surface area (Å²) < 4.78 is 10.8. The molecule has 0 amide bonds. The number of hydrogen-bond acceptors (Lipinski definition) is 2. The minimum absolute atomic E-state index is 0.545. The van der Waals surface area contributed by atoms with Crippen molar-refractivity contribution in [1.82, 2.24) is 0 Å². The Morgan fingerprint density at radius 1 is 1.30 bits per heavy atom. The summed E-state index contributed by atoms with van der Waals surface area (Å²) in [5.41, 5.74) is 0. The lowest BCUT2D eigenvalue weighted by atomic mass is 10.9. The van der Waals surface area contributed by atoms with Gasteiger partial charge in [-0.05, 0) is 20.0 Å². The minimum atomic E-state index is -1.81. The van der Waals surface area contributed by atoms with Crippen molar-refractivity contribution < 1.29 is 8.85 Å². The van der Waals surface area contributed by atoms with Crippen molar-refractivity contribution >= 4 is 20.2 Å². The van der Waals surface area contributed by atoms with E-state index in [0.717, 1.165) is 6.61 Å². The van der Waals surface area contributed by atoms with Gasteiger partial charge >= 0.3 is 8.56 Å². The highest BCUT2D eigenvalue weighted by atomic mass is 35.5. The lowest BCUT2D eigenvalue weighted by Crippen LogP contribution is -2.35. The average molecular weight is 183 g/mol. The maximum Gasteiger partial charge on any atom is 0.331 e. The highest BCUT2D eigenvalue weighted by Gasteiger charge is 2.22. The molecule has 0 aromatic carbocycles. The third kappa shape index (κ3) is 5.23. The fourth-order valence-corrected chi connectivity index (χ4v) is 2.25. The minimum Gasteiger partial charge on any atom is -0.395 e. The summed E-state index contributed by atoms with van der Waals surface area (Å²) >= 11 is 5.45. The van der Waals surface area contributed by atoms with Crippen LogP contribution in [-0.2, 0) is 8.85 Å². The summed E-state index contributed by atoms with van der Waals surface area (Å²) in [6, 6.07) is 0. The second-order valence-electron chi connectivity index (χ2n) is 2.37.